The topological polar surface area (TPSA) is 24.1 Å². The molecule has 3 fully saturated rings. The fourth-order valence-corrected chi connectivity index (χ4v) is 3.89. The summed E-state index contributed by atoms with van der Waals surface area (Å²) < 4.78 is 14.9. The van der Waals surface area contributed by atoms with Crippen molar-refractivity contribution < 1.29 is 4.39 Å². The van der Waals surface area contributed by atoms with Crippen molar-refractivity contribution in [2.45, 2.75) is 31.4 Å². The van der Waals surface area contributed by atoms with E-state index in [1.807, 2.05) is 0 Å². The first kappa shape index (κ1) is 10.0. The minimum absolute atomic E-state index is 0.337. The Bertz CT molecular complexity index is 226. The lowest BCUT2D eigenvalue weighted by atomic mass is 9.80. The molecule has 2 unspecified atom stereocenters. The standard InChI is InChI=1S/C12H21FN2/c13-12(11-1-3-14-4-2-11)5-9-7-15-8-10(9)6-12/h9-11,14-15H,1-8H2. The van der Waals surface area contributed by atoms with Gasteiger partial charge >= 0.3 is 0 Å². The Morgan fingerprint density at radius 3 is 2.13 bits per heavy atom. The summed E-state index contributed by atoms with van der Waals surface area (Å²) in [6, 6.07) is 0. The Morgan fingerprint density at radius 1 is 0.933 bits per heavy atom. The zero-order valence-corrected chi connectivity index (χ0v) is 9.27. The van der Waals surface area contributed by atoms with Crippen LogP contribution in [0.1, 0.15) is 25.7 Å². The summed E-state index contributed by atoms with van der Waals surface area (Å²) in [6.45, 7) is 4.15. The molecule has 0 aromatic heterocycles. The number of hydrogen-bond donors (Lipinski definition) is 2. The lowest BCUT2D eigenvalue weighted by Gasteiger charge is -2.34. The highest BCUT2D eigenvalue weighted by Crippen LogP contribution is 2.49. The third kappa shape index (κ3) is 1.70. The predicted octanol–water partition coefficient (Wildman–Crippen LogP) is 1.32. The molecular formula is C12H21FN2. The van der Waals surface area contributed by atoms with E-state index in [4.69, 9.17) is 0 Å². The van der Waals surface area contributed by atoms with Crippen LogP contribution < -0.4 is 10.6 Å². The van der Waals surface area contributed by atoms with Gasteiger partial charge in [0.05, 0.1) is 0 Å². The van der Waals surface area contributed by atoms with Gasteiger partial charge in [0.25, 0.3) is 0 Å². The van der Waals surface area contributed by atoms with Crippen LogP contribution in [0.25, 0.3) is 0 Å². The molecule has 86 valence electrons. The van der Waals surface area contributed by atoms with Gasteiger partial charge < -0.3 is 10.6 Å². The highest BCUT2D eigenvalue weighted by Gasteiger charge is 2.51. The number of hydrogen-bond acceptors (Lipinski definition) is 2. The van der Waals surface area contributed by atoms with E-state index >= 15 is 0 Å². The third-order valence-electron chi connectivity index (χ3n) is 4.75. The van der Waals surface area contributed by atoms with E-state index in [0.29, 0.717) is 17.8 Å². The molecule has 0 radical (unpaired) electrons. The summed E-state index contributed by atoms with van der Waals surface area (Å²) in [6.07, 6.45) is 3.75. The van der Waals surface area contributed by atoms with Crippen molar-refractivity contribution >= 4 is 0 Å². The maximum absolute atomic E-state index is 14.9. The van der Waals surface area contributed by atoms with Crippen molar-refractivity contribution in [1.82, 2.24) is 10.6 Å². The van der Waals surface area contributed by atoms with Crippen LogP contribution in [0.4, 0.5) is 4.39 Å². The van der Waals surface area contributed by atoms with Gasteiger partial charge in [-0.25, -0.2) is 4.39 Å². The van der Waals surface area contributed by atoms with E-state index < -0.39 is 5.67 Å². The van der Waals surface area contributed by atoms with Gasteiger partial charge in [0.2, 0.25) is 0 Å². The monoisotopic (exact) mass is 212 g/mol. The van der Waals surface area contributed by atoms with Crippen LogP contribution in [0.5, 0.6) is 0 Å². The molecule has 2 N–H and O–H groups in total. The molecule has 3 aliphatic rings. The summed E-state index contributed by atoms with van der Waals surface area (Å²) in [5, 5.41) is 6.71. The van der Waals surface area contributed by atoms with Crippen LogP contribution in [-0.4, -0.2) is 31.8 Å². The molecule has 2 saturated heterocycles. The number of piperidine rings is 1. The molecule has 0 aromatic rings. The maximum Gasteiger partial charge on any atom is 0.114 e. The second kappa shape index (κ2) is 3.70. The molecule has 2 heterocycles. The van der Waals surface area contributed by atoms with Crippen LogP contribution in [0.3, 0.4) is 0 Å². The number of halogens is 1. The first-order valence-electron chi connectivity index (χ1n) is 6.38. The van der Waals surface area contributed by atoms with E-state index in [1.54, 1.807) is 0 Å². The van der Waals surface area contributed by atoms with Crippen molar-refractivity contribution in [1.29, 1.82) is 0 Å². The molecule has 15 heavy (non-hydrogen) atoms. The van der Waals surface area contributed by atoms with E-state index in [-0.39, 0.29) is 0 Å². The smallest absolute Gasteiger partial charge is 0.114 e. The molecule has 3 heteroatoms. The Kier molecular flexibility index (Phi) is 2.48. The largest absolute Gasteiger partial charge is 0.317 e. The average molecular weight is 212 g/mol. The average Bonchev–Trinajstić information content (AvgIpc) is 2.78. The van der Waals surface area contributed by atoms with Gasteiger partial charge in [-0.15, -0.1) is 0 Å². The van der Waals surface area contributed by atoms with Crippen molar-refractivity contribution in [3.63, 3.8) is 0 Å². The zero-order valence-electron chi connectivity index (χ0n) is 9.27. The lowest BCUT2D eigenvalue weighted by Crippen LogP contribution is -2.40. The molecule has 3 rings (SSSR count). The quantitative estimate of drug-likeness (QED) is 0.685. The fourth-order valence-electron chi connectivity index (χ4n) is 3.89. The van der Waals surface area contributed by atoms with Crippen LogP contribution in [-0.2, 0) is 0 Å². The van der Waals surface area contributed by atoms with Crippen LogP contribution in [0.2, 0.25) is 0 Å². The molecule has 0 spiro atoms. The van der Waals surface area contributed by atoms with Crippen molar-refractivity contribution in [3.05, 3.63) is 0 Å². The van der Waals surface area contributed by atoms with Gasteiger partial charge in [-0.1, -0.05) is 0 Å². The predicted molar refractivity (Wildman–Crippen MR) is 58.5 cm³/mol. The normalized spacial score (nSPS) is 47.0. The summed E-state index contributed by atoms with van der Waals surface area (Å²) >= 11 is 0. The molecule has 2 nitrogen and oxygen atoms in total. The van der Waals surface area contributed by atoms with Gasteiger partial charge in [-0.3, -0.25) is 0 Å². The minimum Gasteiger partial charge on any atom is -0.317 e. The van der Waals surface area contributed by atoms with E-state index in [0.717, 1.165) is 51.9 Å². The summed E-state index contributed by atoms with van der Waals surface area (Å²) in [5.74, 6) is 1.60. The Balaban J connectivity index is 1.69. The summed E-state index contributed by atoms with van der Waals surface area (Å²) in [4.78, 5) is 0. The van der Waals surface area contributed by atoms with Gasteiger partial charge in [-0.05, 0) is 69.6 Å². The SMILES string of the molecule is FC1(C2CCNCC2)CC2CNCC2C1. The molecule has 0 aromatic carbocycles. The van der Waals surface area contributed by atoms with Crippen LogP contribution in [0.15, 0.2) is 0 Å². The highest BCUT2D eigenvalue weighted by molar-refractivity contribution is 5.03. The van der Waals surface area contributed by atoms with E-state index in [2.05, 4.69) is 10.6 Å². The zero-order chi connectivity index (χ0) is 10.3. The number of rotatable bonds is 1. The molecule has 1 saturated carbocycles. The van der Waals surface area contributed by atoms with Crippen LogP contribution >= 0.6 is 0 Å². The maximum atomic E-state index is 14.9. The first-order valence-corrected chi connectivity index (χ1v) is 6.38. The van der Waals surface area contributed by atoms with Gasteiger partial charge in [-0.2, -0.15) is 0 Å². The van der Waals surface area contributed by atoms with Crippen LogP contribution in [0, 0.1) is 17.8 Å². The van der Waals surface area contributed by atoms with Gasteiger partial charge in [0, 0.05) is 0 Å². The minimum atomic E-state index is -0.820. The first-order chi connectivity index (χ1) is 7.28. The fraction of sp³-hybridized carbons (Fsp3) is 1.00. The van der Waals surface area contributed by atoms with Gasteiger partial charge in [0.1, 0.15) is 5.67 Å². The second-order valence-corrected chi connectivity index (χ2v) is 5.65. The number of nitrogens with one attached hydrogen (secondary N) is 2. The summed E-state index contributed by atoms with van der Waals surface area (Å²) in [5.41, 5.74) is -0.820. The molecule has 1 aliphatic carbocycles. The van der Waals surface area contributed by atoms with E-state index in [1.165, 1.54) is 0 Å². The van der Waals surface area contributed by atoms with Crippen molar-refractivity contribution in [3.8, 4) is 0 Å². The Morgan fingerprint density at radius 2 is 1.53 bits per heavy atom. The molecular weight excluding hydrogens is 191 g/mol. The van der Waals surface area contributed by atoms with Crippen molar-refractivity contribution in [2.75, 3.05) is 26.2 Å². The number of fused-ring (bicyclic) bond motifs is 1. The number of alkyl halides is 1. The Hall–Kier alpha value is -0.150. The van der Waals surface area contributed by atoms with E-state index in [9.17, 15) is 4.39 Å². The van der Waals surface area contributed by atoms with Crippen molar-refractivity contribution in [2.24, 2.45) is 17.8 Å². The molecule has 2 aliphatic heterocycles. The van der Waals surface area contributed by atoms with Gasteiger partial charge in [0.15, 0.2) is 0 Å². The lowest BCUT2D eigenvalue weighted by molar-refractivity contribution is 0.0588. The highest BCUT2D eigenvalue weighted by atomic mass is 19.1. The third-order valence-corrected chi connectivity index (χ3v) is 4.75. The second-order valence-electron chi connectivity index (χ2n) is 5.65. The molecule has 0 amide bonds. The molecule has 0 bridgehead atoms. The molecule has 2 atom stereocenters. The Labute approximate surface area is 91.0 Å². The summed E-state index contributed by atoms with van der Waals surface area (Å²) in [7, 11) is 0.